The molecule has 0 radical (unpaired) electrons. The summed E-state index contributed by atoms with van der Waals surface area (Å²) in [6.07, 6.45) is 0.755. The van der Waals surface area contributed by atoms with E-state index in [1.54, 1.807) is 0 Å². The molecule has 0 bridgehead atoms. The van der Waals surface area contributed by atoms with Crippen molar-refractivity contribution in [2.75, 3.05) is 0 Å². The number of nitrogens with zero attached hydrogens (tertiary/aromatic N) is 1. The molecule has 2 rings (SSSR count). The second kappa shape index (κ2) is 4.25. The second-order valence-electron chi connectivity index (χ2n) is 4.43. The molecule has 1 heterocycles. The van der Waals surface area contributed by atoms with Crippen LogP contribution < -0.4 is 0 Å². The van der Waals surface area contributed by atoms with Crippen molar-refractivity contribution in [2.45, 2.75) is 31.7 Å². The Bertz CT molecular complexity index is 380. The Morgan fingerprint density at radius 3 is 2.56 bits per heavy atom. The van der Waals surface area contributed by atoms with Crippen LogP contribution in [0.25, 0.3) is 0 Å². The van der Waals surface area contributed by atoms with Gasteiger partial charge >= 0.3 is 0 Å². The number of aldehydes is 1. The van der Waals surface area contributed by atoms with E-state index in [9.17, 15) is 4.79 Å². The molecule has 16 heavy (non-hydrogen) atoms. The van der Waals surface area contributed by atoms with Gasteiger partial charge in [0.15, 0.2) is 0 Å². The molecule has 1 aromatic carbocycles. The number of benzene rings is 1. The van der Waals surface area contributed by atoms with E-state index in [0.29, 0.717) is 0 Å². The van der Waals surface area contributed by atoms with Gasteiger partial charge in [-0.3, -0.25) is 0 Å². The minimum absolute atomic E-state index is 0.189. The molecule has 0 saturated carbocycles. The van der Waals surface area contributed by atoms with Gasteiger partial charge in [0, 0.05) is 0 Å². The average Bonchev–Trinajstić information content (AvgIpc) is 2.52. The van der Waals surface area contributed by atoms with E-state index in [0.717, 1.165) is 11.8 Å². The van der Waals surface area contributed by atoms with Gasteiger partial charge < -0.3 is 9.53 Å². The predicted molar refractivity (Wildman–Crippen MR) is 65.7 cm³/mol. The van der Waals surface area contributed by atoms with Gasteiger partial charge in [-0.2, -0.15) is 0 Å². The van der Waals surface area contributed by atoms with E-state index < -0.39 is 5.72 Å². The van der Waals surface area contributed by atoms with Gasteiger partial charge in [-0.25, -0.2) is 4.67 Å². The highest BCUT2D eigenvalue weighted by atomic mass is 31.0. The second-order valence-corrected chi connectivity index (χ2v) is 4.99. The van der Waals surface area contributed by atoms with Gasteiger partial charge in [0.1, 0.15) is 24.2 Å². The van der Waals surface area contributed by atoms with Crippen LogP contribution in [0.5, 0.6) is 0 Å². The number of hydrogen-bond acceptors (Lipinski definition) is 3. The van der Waals surface area contributed by atoms with E-state index >= 15 is 0 Å². The Balaban J connectivity index is 2.33. The molecule has 86 valence electrons. The van der Waals surface area contributed by atoms with Gasteiger partial charge in [0.05, 0.1) is 0 Å². The average molecular weight is 237 g/mol. The monoisotopic (exact) mass is 237 g/mol. The van der Waals surface area contributed by atoms with Crippen LogP contribution in [-0.2, 0) is 9.53 Å². The Morgan fingerprint density at radius 2 is 2.00 bits per heavy atom. The normalized spacial score (nSPS) is 29.2. The van der Waals surface area contributed by atoms with Crippen LogP contribution in [0.15, 0.2) is 30.3 Å². The minimum Gasteiger partial charge on any atom is -0.351 e. The summed E-state index contributed by atoms with van der Waals surface area (Å²) < 4.78 is 7.81. The number of carbonyl (C=O) groups is 1. The molecule has 4 heteroatoms. The van der Waals surface area contributed by atoms with Crippen molar-refractivity contribution in [3.8, 4) is 0 Å². The van der Waals surface area contributed by atoms with Crippen LogP contribution in [0.3, 0.4) is 0 Å². The van der Waals surface area contributed by atoms with Crippen molar-refractivity contribution in [1.82, 2.24) is 4.67 Å². The van der Waals surface area contributed by atoms with E-state index in [2.05, 4.69) is 9.39 Å². The van der Waals surface area contributed by atoms with Crippen molar-refractivity contribution in [1.29, 1.82) is 0 Å². The Hall–Kier alpha value is -0.760. The fourth-order valence-corrected chi connectivity index (χ4v) is 2.28. The van der Waals surface area contributed by atoms with Crippen molar-refractivity contribution in [2.24, 2.45) is 0 Å². The Kier molecular flexibility index (Phi) is 3.11. The molecule has 0 N–H and O–H groups in total. The third-order valence-electron chi connectivity index (χ3n) is 2.94. The van der Waals surface area contributed by atoms with Crippen molar-refractivity contribution >= 4 is 15.7 Å². The standard InChI is InChI=1S/C12H16NO2P/c1-12(2)13(16)10(8-14)11(15-12)9-6-4-3-5-7-9/h3-8,10-11H,16H2,1-2H3/t10-,11?/m1/s1. The summed E-state index contributed by atoms with van der Waals surface area (Å²) in [6.45, 7) is 3.92. The summed E-state index contributed by atoms with van der Waals surface area (Å²) in [4.78, 5) is 11.2. The van der Waals surface area contributed by atoms with Gasteiger partial charge in [-0.1, -0.05) is 39.7 Å². The highest BCUT2D eigenvalue weighted by molar-refractivity contribution is 7.13. The zero-order valence-corrected chi connectivity index (χ0v) is 10.6. The minimum atomic E-state index is -0.434. The molecular weight excluding hydrogens is 221 g/mol. The fourth-order valence-electron chi connectivity index (χ4n) is 1.99. The largest absolute Gasteiger partial charge is 0.351 e. The molecule has 1 aliphatic rings. The first-order chi connectivity index (χ1) is 7.56. The van der Waals surface area contributed by atoms with Crippen molar-refractivity contribution in [3.63, 3.8) is 0 Å². The number of ether oxygens (including phenoxy) is 1. The molecule has 0 amide bonds. The van der Waals surface area contributed by atoms with Gasteiger partial charge in [-0.05, 0) is 19.4 Å². The molecule has 2 unspecified atom stereocenters. The van der Waals surface area contributed by atoms with E-state index in [4.69, 9.17) is 4.74 Å². The zero-order chi connectivity index (χ0) is 11.8. The molecule has 0 aliphatic carbocycles. The molecule has 3 atom stereocenters. The molecule has 1 aromatic rings. The van der Waals surface area contributed by atoms with Gasteiger partial charge in [0.25, 0.3) is 0 Å². The maximum absolute atomic E-state index is 11.2. The van der Waals surface area contributed by atoms with Crippen molar-refractivity contribution in [3.05, 3.63) is 35.9 Å². The lowest BCUT2D eigenvalue weighted by atomic mass is 10.0. The Labute approximate surface area is 98.0 Å². The smallest absolute Gasteiger partial charge is 0.140 e. The van der Waals surface area contributed by atoms with Crippen LogP contribution in [0.4, 0.5) is 0 Å². The lowest BCUT2D eigenvalue weighted by Crippen LogP contribution is -2.36. The summed E-state index contributed by atoms with van der Waals surface area (Å²) in [5.74, 6) is 0. The van der Waals surface area contributed by atoms with Crippen LogP contribution in [0, 0.1) is 0 Å². The van der Waals surface area contributed by atoms with Gasteiger partial charge in [-0.15, -0.1) is 0 Å². The first-order valence-electron chi connectivity index (χ1n) is 5.28. The number of carbonyl (C=O) groups excluding carboxylic acids is 1. The van der Waals surface area contributed by atoms with E-state index in [-0.39, 0.29) is 12.1 Å². The third-order valence-corrected chi connectivity index (χ3v) is 3.90. The lowest BCUT2D eigenvalue weighted by molar-refractivity contribution is -0.111. The molecule has 1 aliphatic heterocycles. The summed E-state index contributed by atoms with van der Waals surface area (Å²) in [7, 11) is 2.58. The molecular formula is C12H16NO2P. The SMILES string of the molecule is CC1(C)OC(c2ccccc2)[C@@H](C=O)N1P. The summed E-state index contributed by atoms with van der Waals surface area (Å²) in [5, 5.41) is 0. The molecule has 0 aromatic heterocycles. The first-order valence-corrected chi connectivity index (χ1v) is 5.80. The predicted octanol–water partition coefficient (Wildman–Crippen LogP) is 2.15. The van der Waals surface area contributed by atoms with Crippen LogP contribution in [0.2, 0.25) is 0 Å². The van der Waals surface area contributed by atoms with Crippen molar-refractivity contribution < 1.29 is 9.53 Å². The lowest BCUT2D eigenvalue weighted by Gasteiger charge is -2.26. The van der Waals surface area contributed by atoms with E-state index in [1.807, 2.05) is 48.8 Å². The van der Waals surface area contributed by atoms with Crippen LogP contribution in [-0.4, -0.2) is 22.7 Å². The number of rotatable bonds is 2. The molecule has 1 saturated heterocycles. The fraction of sp³-hybridized carbons (Fsp3) is 0.417. The third kappa shape index (κ3) is 1.91. The maximum atomic E-state index is 11.2. The summed E-state index contributed by atoms with van der Waals surface area (Å²) >= 11 is 0. The van der Waals surface area contributed by atoms with Gasteiger partial charge in [0.2, 0.25) is 0 Å². The van der Waals surface area contributed by atoms with E-state index in [1.165, 1.54) is 0 Å². The Morgan fingerprint density at radius 1 is 1.38 bits per heavy atom. The molecule has 3 nitrogen and oxygen atoms in total. The zero-order valence-electron chi connectivity index (χ0n) is 9.46. The first kappa shape index (κ1) is 11.7. The summed E-state index contributed by atoms with van der Waals surface area (Å²) in [5.41, 5.74) is 0.606. The molecule has 0 spiro atoms. The highest BCUT2D eigenvalue weighted by Gasteiger charge is 2.45. The highest BCUT2D eigenvalue weighted by Crippen LogP contribution is 2.41. The van der Waals surface area contributed by atoms with Crippen LogP contribution in [0.1, 0.15) is 25.5 Å². The topological polar surface area (TPSA) is 29.5 Å². The quantitative estimate of drug-likeness (QED) is 0.583. The number of hydrogen-bond donors (Lipinski definition) is 0. The molecule has 1 fully saturated rings. The maximum Gasteiger partial charge on any atom is 0.140 e. The summed E-state index contributed by atoms with van der Waals surface area (Å²) in [6, 6.07) is 9.60. The van der Waals surface area contributed by atoms with Crippen LogP contribution >= 0.6 is 9.39 Å².